The van der Waals surface area contributed by atoms with Crippen LogP contribution in [0.4, 0.5) is 0 Å². The largest absolute Gasteiger partial charge is 0.329 e. The van der Waals surface area contributed by atoms with Crippen molar-refractivity contribution in [1.82, 2.24) is 4.98 Å². The molecule has 0 aliphatic rings. The Hall–Kier alpha value is -1.05. The van der Waals surface area contributed by atoms with Crippen LogP contribution in [0.5, 0.6) is 0 Å². The van der Waals surface area contributed by atoms with Crippen LogP contribution >= 0.6 is 0 Å². The van der Waals surface area contributed by atoms with Crippen LogP contribution < -0.4 is 5.56 Å². The zero-order valence-corrected chi connectivity index (χ0v) is 3.72. The molecule has 0 amide bonds. The molecular formula is C5H7NO. The first-order valence-electron chi connectivity index (χ1n) is 2.03. The number of rotatable bonds is 0. The summed E-state index contributed by atoms with van der Waals surface area (Å²) in [4.78, 5) is 12.7. The minimum absolute atomic E-state index is 0. The van der Waals surface area contributed by atoms with Gasteiger partial charge in [0.05, 0.1) is 0 Å². The Kier molecular flexibility index (Phi) is 0.941. The minimum Gasteiger partial charge on any atom is -0.329 e. The van der Waals surface area contributed by atoms with Crippen LogP contribution in [0.2, 0.25) is 0 Å². The molecule has 2 nitrogen and oxygen atoms in total. The maximum Gasteiger partial charge on any atom is 0.247 e. The molecule has 0 atom stereocenters. The number of aromatic amines is 1. The zero-order chi connectivity index (χ0) is 5.11. The monoisotopic (exact) mass is 97.1 g/mol. The Balaban J connectivity index is 0.000000490. The molecule has 0 aliphatic heterocycles. The maximum atomic E-state index is 10.2. The first-order chi connectivity index (χ1) is 3.39. The molecule has 1 aromatic heterocycles. The highest BCUT2D eigenvalue weighted by Gasteiger charge is 1.69. The van der Waals surface area contributed by atoms with Crippen molar-refractivity contribution in [1.29, 1.82) is 0 Å². The van der Waals surface area contributed by atoms with Crippen LogP contribution in [0, 0.1) is 0 Å². The van der Waals surface area contributed by atoms with Crippen LogP contribution in [-0.2, 0) is 0 Å². The number of H-pyrrole nitrogens is 1. The highest BCUT2D eigenvalue weighted by atomic mass is 16.1. The van der Waals surface area contributed by atoms with Crippen molar-refractivity contribution in [2.45, 2.75) is 0 Å². The molecule has 0 aromatic carbocycles. The number of nitrogens with one attached hydrogen (secondary N) is 1. The zero-order valence-electron chi connectivity index (χ0n) is 3.72. The van der Waals surface area contributed by atoms with Gasteiger partial charge in [0.15, 0.2) is 0 Å². The Bertz CT molecular complexity index is 178. The molecule has 1 heterocycles. The van der Waals surface area contributed by atoms with Crippen molar-refractivity contribution in [2.24, 2.45) is 0 Å². The van der Waals surface area contributed by atoms with E-state index in [1.807, 2.05) is 0 Å². The van der Waals surface area contributed by atoms with Gasteiger partial charge in [0.1, 0.15) is 0 Å². The van der Waals surface area contributed by atoms with Crippen molar-refractivity contribution in [2.75, 3.05) is 0 Å². The molecule has 1 aromatic rings. The topological polar surface area (TPSA) is 32.9 Å². The third kappa shape index (κ3) is 0.892. The Morgan fingerprint density at radius 3 is 2.71 bits per heavy atom. The molecule has 2 heteroatoms. The van der Waals surface area contributed by atoms with Gasteiger partial charge in [-0.3, -0.25) is 4.79 Å². The van der Waals surface area contributed by atoms with E-state index in [9.17, 15) is 4.79 Å². The minimum atomic E-state index is -0.0532. The smallest absolute Gasteiger partial charge is 0.247 e. The molecule has 38 valence electrons. The van der Waals surface area contributed by atoms with Crippen LogP contribution in [0.3, 0.4) is 0 Å². The predicted molar refractivity (Wildman–Crippen MR) is 29.2 cm³/mol. The van der Waals surface area contributed by atoms with E-state index in [0.29, 0.717) is 0 Å². The molecule has 0 radical (unpaired) electrons. The van der Waals surface area contributed by atoms with E-state index in [1.165, 1.54) is 6.07 Å². The van der Waals surface area contributed by atoms with Crippen LogP contribution in [0.1, 0.15) is 1.43 Å². The molecule has 0 unspecified atom stereocenters. The van der Waals surface area contributed by atoms with Gasteiger partial charge >= 0.3 is 0 Å². The Morgan fingerprint density at radius 2 is 2.43 bits per heavy atom. The molecule has 0 spiro atoms. The van der Waals surface area contributed by atoms with Gasteiger partial charge in [-0.2, -0.15) is 0 Å². The van der Waals surface area contributed by atoms with Gasteiger partial charge in [-0.05, 0) is 6.07 Å². The van der Waals surface area contributed by atoms with Crippen molar-refractivity contribution in [3.63, 3.8) is 0 Å². The van der Waals surface area contributed by atoms with Crippen molar-refractivity contribution in [3.05, 3.63) is 34.7 Å². The summed E-state index contributed by atoms with van der Waals surface area (Å²) < 4.78 is 0. The molecule has 0 saturated heterocycles. The van der Waals surface area contributed by atoms with Crippen LogP contribution in [0.15, 0.2) is 29.2 Å². The highest BCUT2D eigenvalue weighted by molar-refractivity contribution is 4.89. The summed E-state index contributed by atoms with van der Waals surface area (Å²) in [5.74, 6) is 0. The summed E-state index contributed by atoms with van der Waals surface area (Å²) in [5, 5.41) is 0. The molecule has 0 bridgehead atoms. The third-order valence-corrected chi connectivity index (χ3v) is 0.681. The second-order valence-corrected chi connectivity index (χ2v) is 1.23. The van der Waals surface area contributed by atoms with E-state index >= 15 is 0 Å². The van der Waals surface area contributed by atoms with Gasteiger partial charge in [0, 0.05) is 13.7 Å². The molecule has 0 saturated carbocycles. The normalized spacial score (nSPS) is 8.57. The van der Waals surface area contributed by atoms with E-state index < -0.39 is 0 Å². The molecular weight excluding hydrogens is 90.1 g/mol. The fourth-order valence-corrected chi connectivity index (χ4v) is 0.377. The SMILES string of the molecule is O=c1cccc[nH]1.[HH]. The van der Waals surface area contributed by atoms with Gasteiger partial charge < -0.3 is 4.98 Å². The van der Waals surface area contributed by atoms with Gasteiger partial charge in [-0.1, -0.05) is 6.07 Å². The lowest BCUT2D eigenvalue weighted by Gasteiger charge is -1.73. The average Bonchev–Trinajstić information content (AvgIpc) is 1.69. The molecule has 0 aliphatic carbocycles. The summed E-state index contributed by atoms with van der Waals surface area (Å²) >= 11 is 0. The summed E-state index contributed by atoms with van der Waals surface area (Å²) in [6.45, 7) is 0. The summed E-state index contributed by atoms with van der Waals surface area (Å²) in [7, 11) is 0. The fourth-order valence-electron chi connectivity index (χ4n) is 0.377. The maximum absolute atomic E-state index is 10.2. The summed E-state index contributed by atoms with van der Waals surface area (Å²) in [6.07, 6.45) is 1.60. The van der Waals surface area contributed by atoms with E-state index in [4.69, 9.17) is 0 Å². The number of pyridine rings is 1. The fraction of sp³-hybridized carbons (Fsp3) is 0. The van der Waals surface area contributed by atoms with Gasteiger partial charge in [-0.25, -0.2) is 0 Å². The van der Waals surface area contributed by atoms with Crippen molar-refractivity contribution < 1.29 is 1.43 Å². The quantitative estimate of drug-likeness (QED) is 0.505. The summed E-state index contributed by atoms with van der Waals surface area (Å²) in [6, 6.07) is 4.93. The average molecular weight is 97.1 g/mol. The molecule has 7 heavy (non-hydrogen) atoms. The first-order valence-corrected chi connectivity index (χ1v) is 2.03. The van der Waals surface area contributed by atoms with Crippen LogP contribution in [0.25, 0.3) is 0 Å². The van der Waals surface area contributed by atoms with Gasteiger partial charge in [-0.15, -0.1) is 0 Å². The number of hydrogen-bond donors (Lipinski definition) is 1. The van der Waals surface area contributed by atoms with E-state index in [1.54, 1.807) is 18.3 Å². The lowest BCUT2D eigenvalue weighted by atomic mass is 10.5. The Morgan fingerprint density at radius 1 is 1.57 bits per heavy atom. The Labute approximate surface area is 42.3 Å². The molecule has 0 fully saturated rings. The lowest BCUT2D eigenvalue weighted by Crippen LogP contribution is -1.98. The first kappa shape index (κ1) is 4.12. The van der Waals surface area contributed by atoms with E-state index in [-0.39, 0.29) is 6.99 Å². The number of aromatic nitrogens is 1. The van der Waals surface area contributed by atoms with Crippen molar-refractivity contribution >= 4 is 0 Å². The lowest BCUT2D eigenvalue weighted by molar-refractivity contribution is 1.24. The second kappa shape index (κ2) is 1.60. The van der Waals surface area contributed by atoms with Crippen molar-refractivity contribution in [3.8, 4) is 0 Å². The molecule has 1 rings (SSSR count). The second-order valence-electron chi connectivity index (χ2n) is 1.23. The van der Waals surface area contributed by atoms with Gasteiger partial charge in [0.2, 0.25) is 5.56 Å². The predicted octanol–water partition coefficient (Wildman–Crippen LogP) is 0.621. The standard InChI is InChI=1S/C5H5NO.H2/c7-5-3-1-2-4-6-5;/h1-4H,(H,6,7);1H. The number of hydrogen-bond acceptors (Lipinski definition) is 1. The molecule has 1 N–H and O–H groups in total. The van der Waals surface area contributed by atoms with Gasteiger partial charge in [0.25, 0.3) is 0 Å². The third-order valence-electron chi connectivity index (χ3n) is 0.681. The van der Waals surface area contributed by atoms with E-state index in [2.05, 4.69) is 4.98 Å². The van der Waals surface area contributed by atoms with E-state index in [0.717, 1.165) is 0 Å². The highest BCUT2D eigenvalue weighted by Crippen LogP contribution is 1.67. The van der Waals surface area contributed by atoms with Crippen LogP contribution in [-0.4, -0.2) is 4.98 Å². The summed E-state index contributed by atoms with van der Waals surface area (Å²) in [5.41, 5.74) is -0.0532.